The number of rotatable bonds is 6. The molecule has 2 nitrogen and oxygen atoms in total. The van der Waals surface area contributed by atoms with Gasteiger partial charge in [0.2, 0.25) is 0 Å². The Labute approximate surface area is 118 Å². The molecule has 0 radical (unpaired) electrons. The van der Waals surface area contributed by atoms with Gasteiger partial charge in [-0.2, -0.15) is 13.2 Å². The second-order valence-electron chi connectivity index (χ2n) is 5.27. The molecule has 0 saturated carbocycles. The molecule has 0 aliphatic carbocycles. The normalized spacial score (nSPS) is 11.9. The zero-order valence-electron chi connectivity index (χ0n) is 12.3. The van der Waals surface area contributed by atoms with Crippen molar-refractivity contribution >= 4 is 11.4 Å². The number of benzene rings is 1. The molecule has 1 aromatic carbocycles. The van der Waals surface area contributed by atoms with Crippen LogP contribution in [0.3, 0.4) is 0 Å². The third kappa shape index (κ3) is 4.32. The van der Waals surface area contributed by atoms with Crippen molar-refractivity contribution in [2.24, 2.45) is 0 Å². The topological polar surface area (TPSA) is 29.3 Å². The lowest BCUT2D eigenvalue weighted by molar-refractivity contribution is -0.137. The monoisotopic (exact) mass is 288 g/mol. The number of unbranched alkanes of at least 4 members (excludes halogenated alkanes) is 2. The number of nitrogens with zero attached hydrogens (tertiary/aromatic N) is 1. The fourth-order valence-corrected chi connectivity index (χ4v) is 2.18. The number of alkyl halides is 3. The third-order valence-corrected chi connectivity index (χ3v) is 3.29. The van der Waals surface area contributed by atoms with Crippen molar-refractivity contribution in [2.45, 2.75) is 52.3 Å². The molecule has 0 saturated heterocycles. The summed E-state index contributed by atoms with van der Waals surface area (Å²) in [6.07, 6.45) is -1.13. The van der Waals surface area contributed by atoms with E-state index in [2.05, 4.69) is 11.8 Å². The molecule has 1 rings (SSSR count). The number of hydrogen-bond donors (Lipinski definition) is 1. The summed E-state index contributed by atoms with van der Waals surface area (Å²) in [5, 5.41) is 0. The summed E-state index contributed by atoms with van der Waals surface area (Å²) in [4.78, 5) is 2.06. The molecule has 0 atom stereocenters. The first-order chi connectivity index (χ1) is 9.27. The Hall–Kier alpha value is -1.39. The lowest BCUT2D eigenvalue weighted by atomic mass is 10.1. The summed E-state index contributed by atoms with van der Waals surface area (Å²) in [5.74, 6) is 0. The minimum absolute atomic E-state index is 0.185. The van der Waals surface area contributed by atoms with Crippen molar-refractivity contribution in [3.05, 3.63) is 23.8 Å². The zero-order chi connectivity index (χ0) is 15.3. The van der Waals surface area contributed by atoms with Gasteiger partial charge in [0.1, 0.15) is 0 Å². The Kier molecular flexibility index (Phi) is 5.72. The summed E-state index contributed by atoms with van der Waals surface area (Å²) < 4.78 is 37.9. The van der Waals surface area contributed by atoms with Gasteiger partial charge in [0.05, 0.1) is 16.9 Å². The highest BCUT2D eigenvalue weighted by Gasteiger charge is 2.31. The maximum absolute atomic E-state index is 12.6. The van der Waals surface area contributed by atoms with Crippen molar-refractivity contribution in [3.63, 3.8) is 0 Å². The molecule has 0 aliphatic rings. The van der Waals surface area contributed by atoms with E-state index in [9.17, 15) is 13.2 Å². The van der Waals surface area contributed by atoms with Crippen LogP contribution >= 0.6 is 0 Å². The summed E-state index contributed by atoms with van der Waals surface area (Å²) in [6.45, 7) is 6.96. The van der Waals surface area contributed by atoms with Crippen molar-refractivity contribution in [2.75, 3.05) is 17.2 Å². The van der Waals surface area contributed by atoms with Crippen LogP contribution in [0.5, 0.6) is 0 Å². The van der Waals surface area contributed by atoms with Gasteiger partial charge < -0.3 is 10.6 Å². The van der Waals surface area contributed by atoms with E-state index in [-0.39, 0.29) is 11.7 Å². The Morgan fingerprint density at radius 1 is 1.20 bits per heavy atom. The molecule has 2 N–H and O–H groups in total. The Morgan fingerprint density at radius 3 is 2.30 bits per heavy atom. The first-order valence-electron chi connectivity index (χ1n) is 7.00. The predicted octanol–water partition coefficient (Wildman–Crippen LogP) is 4.69. The number of hydrogen-bond acceptors (Lipinski definition) is 2. The minimum Gasteiger partial charge on any atom is -0.397 e. The quantitative estimate of drug-likeness (QED) is 0.607. The van der Waals surface area contributed by atoms with Gasteiger partial charge in [-0.05, 0) is 38.5 Å². The molecule has 114 valence electrons. The lowest BCUT2D eigenvalue weighted by Gasteiger charge is -2.30. The molecule has 0 aromatic heterocycles. The molecule has 0 aliphatic heterocycles. The number of halogens is 3. The van der Waals surface area contributed by atoms with Crippen LogP contribution in [0.1, 0.15) is 45.6 Å². The van der Waals surface area contributed by atoms with Crippen LogP contribution in [0.15, 0.2) is 18.2 Å². The van der Waals surface area contributed by atoms with Gasteiger partial charge in [-0.3, -0.25) is 0 Å². The Balaban J connectivity index is 2.97. The van der Waals surface area contributed by atoms with Gasteiger partial charge in [0.25, 0.3) is 0 Å². The fraction of sp³-hybridized carbons (Fsp3) is 0.600. The highest BCUT2D eigenvalue weighted by Crippen LogP contribution is 2.34. The van der Waals surface area contributed by atoms with Crippen LogP contribution in [0, 0.1) is 0 Å². The molecule has 5 heteroatoms. The van der Waals surface area contributed by atoms with Gasteiger partial charge in [0.15, 0.2) is 0 Å². The highest BCUT2D eigenvalue weighted by molar-refractivity contribution is 5.69. The smallest absolute Gasteiger partial charge is 0.397 e. The van der Waals surface area contributed by atoms with Gasteiger partial charge in [-0.25, -0.2) is 0 Å². The van der Waals surface area contributed by atoms with Crippen molar-refractivity contribution in [1.82, 2.24) is 0 Å². The molecule has 20 heavy (non-hydrogen) atoms. The molecule has 0 spiro atoms. The highest BCUT2D eigenvalue weighted by atomic mass is 19.4. The lowest BCUT2D eigenvalue weighted by Crippen LogP contribution is -2.32. The van der Waals surface area contributed by atoms with Crippen molar-refractivity contribution in [3.8, 4) is 0 Å². The average molecular weight is 288 g/mol. The summed E-state index contributed by atoms with van der Waals surface area (Å²) in [5.41, 5.74) is 5.99. The molecular formula is C15H23F3N2. The van der Waals surface area contributed by atoms with E-state index in [1.54, 1.807) is 0 Å². The van der Waals surface area contributed by atoms with Crippen LogP contribution < -0.4 is 10.6 Å². The fourth-order valence-electron chi connectivity index (χ4n) is 2.18. The number of nitrogens with two attached hydrogens (primary N) is 1. The van der Waals surface area contributed by atoms with Gasteiger partial charge in [-0.15, -0.1) is 0 Å². The van der Waals surface area contributed by atoms with Crippen LogP contribution in [0.25, 0.3) is 0 Å². The first-order valence-corrected chi connectivity index (χ1v) is 7.00. The molecule has 0 bridgehead atoms. The largest absolute Gasteiger partial charge is 0.416 e. The maximum atomic E-state index is 12.6. The summed E-state index contributed by atoms with van der Waals surface area (Å²) >= 11 is 0. The molecule has 1 aromatic rings. The molecule has 0 heterocycles. The van der Waals surface area contributed by atoms with E-state index in [1.807, 2.05) is 13.8 Å². The Morgan fingerprint density at radius 2 is 1.85 bits per heavy atom. The SMILES string of the molecule is CCCCCN(c1ccc(C(F)(F)F)cc1N)C(C)C. The van der Waals surface area contributed by atoms with Gasteiger partial charge in [0, 0.05) is 12.6 Å². The standard InChI is InChI=1S/C15H23F3N2/c1-4-5-6-9-20(11(2)3)14-8-7-12(10-13(14)19)15(16,17)18/h7-8,10-11H,4-6,9,19H2,1-3H3. The van der Waals surface area contributed by atoms with E-state index < -0.39 is 11.7 Å². The average Bonchev–Trinajstić information content (AvgIpc) is 2.34. The molecular weight excluding hydrogens is 265 g/mol. The van der Waals surface area contributed by atoms with E-state index in [1.165, 1.54) is 6.07 Å². The van der Waals surface area contributed by atoms with E-state index in [0.717, 1.165) is 37.9 Å². The van der Waals surface area contributed by atoms with Gasteiger partial charge >= 0.3 is 6.18 Å². The van der Waals surface area contributed by atoms with E-state index in [0.29, 0.717) is 5.69 Å². The molecule has 0 unspecified atom stereocenters. The number of nitrogen functional groups attached to an aromatic ring is 1. The van der Waals surface area contributed by atoms with Crippen LogP contribution in [0.4, 0.5) is 24.5 Å². The van der Waals surface area contributed by atoms with Crippen LogP contribution in [0.2, 0.25) is 0 Å². The maximum Gasteiger partial charge on any atom is 0.416 e. The Bertz CT molecular complexity index is 428. The summed E-state index contributed by atoms with van der Waals surface area (Å²) in [6, 6.07) is 3.79. The summed E-state index contributed by atoms with van der Waals surface area (Å²) in [7, 11) is 0. The second kappa shape index (κ2) is 6.86. The first kappa shape index (κ1) is 16.7. The third-order valence-electron chi connectivity index (χ3n) is 3.29. The van der Waals surface area contributed by atoms with Gasteiger partial charge in [-0.1, -0.05) is 19.8 Å². The van der Waals surface area contributed by atoms with Crippen molar-refractivity contribution < 1.29 is 13.2 Å². The molecule has 0 amide bonds. The van der Waals surface area contributed by atoms with E-state index >= 15 is 0 Å². The molecule has 0 fully saturated rings. The number of anilines is 2. The minimum atomic E-state index is -4.35. The van der Waals surface area contributed by atoms with Crippen molar-refractivity contribution in [1.29, 1.82) is 0 Å². The van der Waals surface area contributed by atoms with Crippen LogP contribution in [-0.2, 0) is 6.18 Å². The zero-order valence-corrected chi connectivity index (χ0v) is 12.3. The van der Waals surface area contributed by atoms with E-state index in [4.69, 9.17) is 5.73 Å². The van der Waals surface area contributed by atoms with Crippen LogP contribution in [-0.4, -0.2) is 12.6 Å². The second-order valence-corrected chi connectivity index (χ2v) is 5.27. The predicted molar refractivity (Wildman–Crippen MR) is 77.9 cm³/mol.